The van der Waals surface area contributed by atoms with Crippen LogP contribution in [0.5, 0.6) is 0 Å². The highest BCUT2D eigenvalue weighted by Crippen LogP contribution is 2.25. The fourth-order valence-corrected chi connectivity index (χ4v) is 3.48. The maximum atomic E-state index is 12.0. The summed E-state index contributed by atoms with van der Waals surface area (Å²) in [6, 6.07) is 8.21. The van der Waals surface area contributed by atoms with E-state index in [1.807, 2.05) is 23.6 Å². The van der Waals surface area contributed by atoms with Gasteiger partial charge in [0.05, 0.1) is 12.5 Å². The highest BCUT2D eigenvalue weighted by atomic mass is 32.1. The zero-order chi connectivity index (χ0) is 13.0. The van der Waals surface area contributed by atoms with Crippen LogP contribution < -0.4 is 5.32 Å². The molecule has 1 N–H and O–H groups in total. The van der Waals surface area contributed by atoms with Gasteiger partial charge in [0.2, 0.25) is 5.91 Å². The van der Waals surface area contributed by atoms with E-state index in [-0.39, 0.29) is 11.9 Å². The Bertz CT molecular complexity index is 474. The molecule has 0 radical (unpaired) electrons. The molecular weight excluding hydrogens is 262 g/mol. The molecule has 96 valence electrons. The summed E-state index contributed by atoms with van der Waals surface area (Å²) in [6.45, 7) is 4.27. The zero-order valence-corrected chi connectivity index (χ0v) is 12.2. The number of rotatable bonds is 5. The maximum absolute atomic E-state index is 12.0. The van der Waals surface area contributed by atoms with Crippen LogP contribution in [0, 0.1) is 5.92 Å². The van der Waals surface area contributed by atoms with E-state index in [1.54, 1.807) is 22.7 Å². The van der Waals surface area contributed by atoms with E-state index in [1.165, 1.54) is 4.88 Å². The number of amides is 1. The van der Waals surface area contributed by atoms with Crippen LogP contribution in [0.4, 0.5) is 0 Å². The first-order valence-corrected chi connectivity index (χ1v) is 7.78. The standard InChI is InChI=1S/C14H17NOS2/c1-10(2)14(12-6-4-8-18-12)15-13(16)9-11-5-3-7-17-11/h3-8,10,14H,9H2,1-2H3,(H,15,16)/t14-/m0/s1. The van der Waals surface area contributed by atoms with Crippen molar-refractivity contribution in [3.8, 4) is 0 Å². The Balaban J connectivity index is 1.99. The zero-order valence-electron chi connectivity index (χ0n) is 10.6. The number of carbonyl (C=O) groups excluding carboxylic acids is 1. The predicted octanol–water partition coefficient (Wildman–Crippen LogP) is 3.87. The van der Waals surface area contributed by atoms with E-state index >= 15 is 0 Å². The molecule has 0 spiro atoms. The van der Waals surface area contributed by atoms with Gasteiger partial charge in [-0.15, -0.1) is 22.7 Å². The average Bonchev–Trinajstić information content (AvgIpc) is 2.97. The van der Waals surface area contributed by atoms with Crippen molar-refractivity contribution in [2.24, 2.45) is 5.92 Å². The van der Waals surface area contributed by atoms with Gasteiger partial charge in [0.1, 0.15) is 0 Å². The average molecular weight is 279 g/mol. The molecule has 2 nitrogen and oxygen atoms in total. The van der Waals surface area contributed by atoms with E-state index < -0.39 is 0 Å². The lowest BCUT2D eigenvalue weighted by Gasteiger charge is -2.21. The highest BCUT2D eigenvalue weighted by Gasteiger charge is 2.19. The smallest absolute Gasteiger partial charge is 0.225 e. The second-order valence-electron chi connectivity index (χ2n) is 4.56. The lowest BCUT2D eigenvalue weighted by Crippen LogP contribution is -2.32. The minimum atomic E-state index is 0.101. The van der Waals surface area contributed by atoms with Gasteiger partial charge in [-0.2, -0.15) is 0 Å². The number of carbonyl (C=O) groups is 1. The van der Waals surface area contributed by atoms with Crippen LogP contribution in [0.2, 0.25) is 0 Å². The van der Waals surface area contributed by atoms with E-state index in [4.69, 9.17) is 0 Å². The van der Waals surface area contributed by atoms with Crippen molar-refractivity contribution in [2.45, 2.75) is 26.3 Å². The lowest BCUT2D eigenvalue weighted by molar-refractivity contribution is -0.121. The summed E-state index contributed by atoms with van der Waals surface area (Å²) >= 11 is 3.32. The second-order valence-corrected chi connectivity index (χ2v) is 6.57. The molecule has 2 rings (SSSR count). The Morgan fingerprint density at radius 3 is 2.50 bits per heavy atom. The van der Waals surface area contributed by atoms with E-state index in [0.29, 0.717) is 12.3 Å². The number of thiophene rings is 2. The van der Waals surface area contributed by atoms with Crippen molar-refractivity contribution >= 4 is 28.6 Å². The first-order chi connectivity index (χ1) is 8.66. The minimum Gasteiger partial charge on any atom is -0.348 e. The molecule has 0 saturated heterocycles. The second kappa shape index (κ2) is 6.16. The van der Waals surface area contributed by atoms with Gasteiger partial charge in [-0.1, -0.05) is 26.0 Å². The first kappa shape index (κ1) is 13.3. The largest absolute Gasteiger partial charge is 0.348 e. The highest BCUT2D eigenvalue weighted by molar-refractivity contribution is 7.10. The summed E-state index contributed by atoms with van der Waals surface area (Å²) in [7, 11) is 0. The van der Waals surface area contributed by atoms with Crippen LogP contribution in [0.3, 0.4) is 0 Å². The molecule has 0 bridgehead atoms. The van der Waals surface area contributed by atoms with Crippen LogP contribution in [0.15, 0.2) is 35.0 Å². The Labute approximate surface area is 116 Å². The molecule has 0 fully saturated rings. The van der Waals surface area contributed by atoms with Gasteiger partial charge in [-0.05, 0) is 28.8 Å². The summed E-state index contributed by atoms with van der Waals surface area (Å²) < 4.78 is 0. The summed E-state index contributed by atoms with van der Waals surface area (Å²) in [5.41, 5.74) is 0. The van der Waals surface area contributed by atoms with Crippen molar-refractivity contribution in [1.29, 1.82) is 0 Å². The Morgan fingerprint density at radius 2 is 1.94 bits per heavy atom. The van der Waals surface area contributed by atoms with Gasteiger partial charge in [0, 0.05) is 9.75 Å². The molecule has 0 saturated carbocycles. The third kappa shape index (κ3) is 3.43. The number of hydrogen-bond acceptors (Lipinski definition) is 3. The van der Waals surface area contributed by atoms with Gasteiger partial charge in [-0.3, -0.25) is 4.79 Å². The van der Waals surface area contributed by atoms with Crippen LogP contribution >= 0.6 is 22.7 Å². The van der Waals surface area contributed by atoms with Crippen molar-refractivity contribution < 1.29 is 4.79 Å². The Kier molecular flexibility index (Phi) is 4.55. The minimum absolute atomic E-state index is 0.101. The van der Waals surface area contributed by atoms with Gasteiger partial charge in [0.15, 0.2) is 0 Å². The van der Waals surface area contributed by atoms with Crippen molar-refractivity contribution in [2.75, 3.05) is 0 Å². The van der Waals surface area contributed by atoms with Crippen molar-refractivity contribution in [3.63, 3.8) is 0 Å². The van der Waals surface area contributed by atoms with Gasteiger partial charge in [0.25, 0.3) is 0 Å². The van der Waals surface area contributed by atoms with Crippen molar-refractivity contribution in [3.05, 3.63) is 44.8 Å². The molecule has 0 aliphatic carbocycles. The van der Waals surface area contributed by atoms with E-state index in [2.05, 4.69) is 30.6 Å². The molecule has 1 atom stereocenters. The quantitative estimate of drug-likeness (QED) is 0.884. The van der Waals surface area contributed by atoms with Crippen LogP contribution in [-0.4, -0.2) is 5.91 Å². The molecule has 1 amide bonds. The van der Waals surface area contributed by atoms with E-state index in [9.17, 15) is 4.79 Å². The molecule has 18 heavy (non-hydrogen) atoms. The van der Waals surface area contributed by atoms with Gasteiger partial charge >= 0.3 is 0 Å². The lowest BCUT2D eigenvalue weighted by atomic mass is 10.0. The third-order valence-corrected chi connectivity index (χ3v) is 4.58. The molecule has 0 aromatic carbocycles. The summed E-state index contributed by atoms with van der Waals surface area (Å²) in [5.74, 6) is 0.500. The molecule has 2 aromatic heterocycles. The molecular formula is C14H17NOS2. The Morgan fingerprint density at radius 1 is 1.22 bits per heavy atom. The molecule has 0 aliphatic rings. The predicted molar refractivity (Wildman–Crippen MR) is 78.1 cm³/mol. The first-order valence-electron chi connectivity index (χ1n) is 6.02. The molecule has 2 aromatic rings. The van der Waals surface area contributed by atoms with E-state index in [0.717, 1.165) is 4.88 Å². The SMILES string of the molecule is CC(C)[C@H](NC(=O)Cc1cccs1)c1cccs1. The molecule has 0 aliphatic heterocycles. The summed E-state index contributed by atoms with van der Waals surface area (Å²) in [4.78, 5) is 14.4. The van der Waals surface area contributed by atoms with Gasteiger partial charge in [-0.25, -0.2) is 0 Å². The normalized spacial score (nSPS) is 12.6. The van der Waals surface area contributed by atoms with Gasteiger partial charge < -0.3 is 5.32 Å². The number of hydrogen-bond donors (Lipinski definition) is 1. The van der Waals surface area contributed by atoms with Crippen LogP contribution in [-0.2, 0) is 11.2 Å². The summed E-state index contributed by atoms with van der Waals surface area (Å²) in [5, 5.41) is 7.19. The van der Waals surface area contributed by atoms with Crippen LogP contribution in [0.1, 0.15) is 29.6 Å². The van der Waals surface area contributed by atoms with Crippen LogP contribution in [0.25, 0.3) is 0 Å². The molecule has 4 heteroatoms. The monoisotopic (exact) mass is 279 g/mol. The Hall–Kier alpha value is -1.13. The summed E-state index contributed by atoms with van der Waals surface area (Å²) in [6.07, 6.45) is 0.478. The topological polar surface area (TPSA) is 29.1 Å². The molecule has 0 unspecified atom stereocenters. The fraction of sp³-hybridized carbons (Fsp3) is 0.357. The maximum Gasteiger partial charge on any atom is 0.225 e. The molecule has 2 heterocycles. The van der Waals surface area contributed by atoms with Crippen molar-refractivity contribution in [1.82, 2.24) is 5.32 Å². The fourth-order valence-electron chi connectivity index (χ4n) is 1.83. The number of nitrogens with one attached hydrogen (secondary N) is 1. The third-order valence-electron chi connectivity index (χ3n) is 2.75.